The Balaban J connectivity index is 2.62. The van der Waals surface area contributed by atoms with Crippen molar-refractivity contribution in [3.8, 4) is 0 Å². The average Bonchev–Trinajstić information content (AvgIpc) is 2.47. The van der Waals surface area contributed by atoms with Gasteiger partial charge in [0.2, 0.25) is 0 Å². The minimum absolute atomic E-state index is 0.186. The number of hydrogen-bond acceptors (Lipinski definition) is 3. The summed E-state index contributed by atoms with van der Waals surface area (Å²) >= 11 is 0. The molecule has 0 radical (unpaired) electrons. The third-order valence-corrected chi connectivity index (χ3v) is 2.65. The lowest BCUT2D eigenvalue weighted by Gasteiger charge is -2.03. The molecule has 1 heterocycles. The Hall–Kier alpha value is -1.02. The summed E-state index contributed by atoms with van der Waals surface area (Å²) in [4.78, 5) is 0. The monoisotopic (exact) mass is 225 g/mol. The van der Waals surface area contributed by atoms with Gasteiger partial charge in [-0.15, -0.1) is 0 Å². The molecule has 1 rings (SSSR count). The highest BCUT2D eigenvalue weighted by molar-refractivity contribution is 7.89. The predicted octanol–water partition coefficient (Wildman–Crippen LogP) is 0.360. The van der Waals surface area contributed by atoms with Gasteiger partial charge in [-0.1, -0.05) is 0 Å². The van der Waals surface area contributed by atoms with Crippen molar-refractivity contribution in [2.24, 2.45) is 0 Å². The normalized spacial score (nSPS) is 12.3. The molecular weight excluding hydrogens is 216 g/mol. The molecule has 1 aromatic rings. The Labute approximate surface area is 79.6 Å². The predicted molar refractivity (Wildman–Crippen MR) is 45.1 cm³/mol. The van der Waals surface area contributed by atoms with Crippen LogP contribution in [-0.2, 0) is 16.6 Å². The fourth-order valence-corrected chi connectivity index (χ4v) is 1.28. The lowest BCUT2D eigenvalue weighted by Crippen LogP contribution is -2.28. The van der Waals surface area contributed by atoms with E-state index in [1.54, 1.807) is 11.6 Å². The zero-order valence-electron chi connectivity index (χ0n) is 7.29. The number of nitrogens with one attached hydrogen (secondary N) is 2. The molecule has 0 fully saturated rings. The van der Waals surface area contributed by atoms with Crippen LogP contribution in [0, 0.1) is 6.92 Å². The zero-order chi connectivity index (χ0) is 10.8. The molecule has 1 aromatic heterocycles. The van der Waals surface area contributed by atoms with Gasteiger partial charge >= 0.3 is 5.76 Å². The van der Waals surface area contributed by atoms with Crippen LogP contribution in [0.5, 0.6) is 0 Å². The molecule has 0 aliphatic heterocycles. The van der Waals surface area contributed by atoms with Crippen molar-refractivity contribution in [2.75, 3.05) is 0 Å². The summed E-state index contributed by atoms with van der Waals surface area (Å²) in [6.07, 6.45) is 1.38. The number of sulfonamides is 1. The molecule has 0 bridgehead atoms. The van der Waals surface area contributed by atoms with E-state index in [0.717, 1.165) is 0 Å². The van der Waals surface area contributed by atoms with Crippen molar-refractivity contribution in [1.82, 2.24) is 14.9 Å². The first kappa shape index (κ1) is 11.1. The topological polar surface area (TPSA) is 74.8 Å². The number of nitrogens with zero attached hydrogens (tertiary/aromatic N) is 1. The standard InChI is InChI=1S/C6H9F2N3O2S/c1-4-5(2-9-11-4)3-10-14(12,13)6(7)8/h2,6,10H,3H2,1H3,(H,9,11). The average molecular weight is 225 g/mol. The second kappa shape index (κ2) is 4.01. The van der Waals surface area contributed by atoms with Gasteiger partial charge in [-0.2, -0.15) is 13.9 Å². The number of hydrogen-bond donors (Lipinski definition) is 2. The number of aromatic amines is 1. The van der Waals surface area contributed by atoms with Gasteiger partial charge in [-0.05, 0) is 6.92 Å². The van der Waals surface area contributed by atoms with Crippen molar-refractivity contribution in [3.05, 3.63) is 17.5 Å². The zero-order valence-corrected chi connectivity index (χ0v) is 8.11. The lowest BCUT2D eigenvalue weighted by atomic mass is 10.3. The van der Waals surface area contributed by atoms with Crippen molar-refractivity contribution in [1.29, 1.82) is 0 Å². The van der Waals surface area contributed by atoms with Gasteiger partial charge in [-0.25, -0.2) is 13.1 Å². The minimum Gasteiger partial charge on any atom is -0.283 e. The fourth-order valence-electron chi connectivity index (χ4n) is 0.795. The van der Waals surface area contributed by atoms with Crippen LogP contribution in [0.3, 0.4) is 0 Å². The van der Waals surface area contributed by atoms with Gasteiger partial charge in [-0.3, -0.25) is 5.10 Å². The third-order valence-electron chi connectivity index (χ3n) is 1.63. The minimum atomic E-state index is -4.52. The summed E-state index contributed by atoms with van der Waals surface area (Å²) in [5.41, 5.74) is 1.18. The van der Waals surface area contributed by atoms with Crippen molar-refractivity contribution >= 4 is 10.0 Å². The number of H-pyrrole nitrogens is 1. The van der Waals surface area contributed by atoms with Crippen molar-refractivity contribution in [2.45, 2.75) is 19.2 Å². The van der Waals surface area contributed by atoms with Crippen LogP contribution in [0.1, 0.15) is 11.3 Å². The highest BCUT2D eigenvalue weighted by Gasteiger charge is 2.23. The van der Waals surface area contributed by atoms with E-state index in [9.17, 15) is 17.2 Å². The highest BCUT2D eigenvalue weighted by atomic mass is 32.2. The second-order valence-corrected chi connectivity index (χ2v) is 4.38. The maximum atomic E-state index is 11.9. The number of rotatable bonds is 4. The Morgan fingerprint density at radius 1 is 1.64 bits per heavy atom. The first-order valence-electron chi connectivity index (χ1n) is 3.69. The van der Waals surface area contributed by atoms with Crippen LogP contribution in [0.4, 0.5) is 8.78 Å². The van der Waals surface area contributed by atoms with Crippen LogP contribution < -0.4 is 4.72 Å². The molecule has 0 aliphatic carbocycles. The van der Waals surface area contributed by atoms with E-state index in [1.165, 1.54) is 6.20 Å². The molecule has 0 unspecified atom stereocenters. The summed E-state index contributed by atoms with van der Waals surface area (Å²) in [6.45, 7) is 1.48. The number of aromatic nitrogens is 2. The van der Waals surface area contributed by atoms with Crippen molar-refractivity contribution in [3.63, 3.8) is 0 Å². The van der Waals surface area contributed by atoms with Crippen LogP contribution in [-0.4, -0.2) is 24.4 Å². The Morgan fingerprint density at radius 2 is 2.29 bits per heavy atom. The smallest absolute Gasteiger partial charge is 0.283 e. The van der Waals surface area contributed by atoms with Gasteiger partial charge in [0.25, 0.3) is 10.0 Å². The van der Waals surface area contributed by atoms with Gasteiger partial charge in [0.05, 0.1) is 6.20 Å². The summed E-state index contributed by atoms with van der Waals surface area (Å²) in [6, 6.07) is 0. The van der Waals surface area contributed by atoms with Crippen LogP contribution >= 0.6 is 0 Å². The van der Waals surface area contributed by atoms with E-state index < -0.39 is 15.8 Å². The second-order valence-electron chi connectivity index (χ2n) is 2.65. The Bertz CT molecular complexity index is 401. The SMILES string of the molecule is Cc1[nH]ncc1CNS(=O)(=O)C(F)F. The molecule has 0 saturated carbocycles. The van der Waals surface area contributed by atoms with E-state index in [2.05, 4.69) is 10.2 Å². The van der Waals surface area contributed by atoms with E-state index in [0.29, 0.717) is 11.3 Å². The first-order valence-corrected chi connectivity index (χ1v) is 5.23. The molecule has 0 saturated heterocycles. The van der Waals surface area contributed by atoms with E-state index in [-0.39, 0.29) is 6.54 Å². The molecule has 0 aliphatic rings. The quantitative estimate of drug-likeness (QED) is 0.776. The van der Waals surface area contributed by atoms with Gasteiger partial charge in [0.1, 0.15) is 0 Å². The highest BCUT2D eigenvalue weighted by Crippen LogP contribution is 2.06. The number of halogens is 2. The van der Waals surface area contributed by atoms with E-state index in [4.69, 9.17) is 0 Å². The lowest BCUT2D eigenvalue weighted by molar-refractivity contribution is 0.232. The molecule has 14 heavy (non-hydrogen) atoms. The molecule has 2 N–H and O–H groups in total. The van der Waals surface area contributed by atoms with Gasteiger partial charge in [0.15, 0.2) is 0 Å². The number of alkyl halides is 2. The maximum Gasteiger partial charge on any atom is 0.350 e. The largest absolute Gasteiger partial charge is 0.350 e. The van der Waals surface area contributed by atoms with Crippen LogP contribution in [0.25, 0.3) is 0 Å². The summed E-state index contributed by atoms with van der Waals surface area (Å²) in [5, 5.41) is 6.18. The van der Waals surface area contributed by atoms with Crippen LogP contribution in [0.15, 0.2) is 6.20 Å². The fraction of sp³-hybridized carbons (Fsp3) is 0.500. The molecular formula is C6H9F2N3O2S. The van der Waals surface area contributed by atoms with Crippen LogP contribution in [0.2, 0.25) is 0 Å². The van der Waals surface area contributed by atoms with E-state index in [1.807, 2.05) is 0 Å². The number of aryl methyl sites for hydroxylation is 1. The molecule has 0 amide bonds. The molecule has 0 aromatic carbocycles. The first-order chi connectivity index (χ1) is 6.43. The summed E-state index contributed by atoms with van der Waals surface area (Å²) < 4.78 is 46.8. The Morgan fingerprint density at radius 3 is 2.71 bits per heavy atom. The van der Waals surface area contributed by atoms with E-state index >= 15 is 0 Å². The van der Waals surface area contributed by atoms with Crippen molar-refractivity contribution < 1.29 is 17.2 Å². The van der Waals surface area contributed by atoms with Gasteiger partial charge < -0.3 is 0 Å². The third kappa shape index (κ3) is 2.48. The molecule has 0 spiro atoms. The molecule has 80 valence electrons. The molecule has 8 heteroatoms. The Kier molecular flexibility index (Phi) is 3.17. The maximum absolute atomic E-state index is 11.9. The summed E-state index contributed by atoms with van der Waals surface area (Å²) in [5.74, 6) is -3.41. The molecule has 0 atom stereocenters. The van der Waals surface area contributed by atoms with Gasteiger partial charge in [0, 0.05) is 17.8 Å². The molecule has 5 nitrogen and oxygen atoms in total. The summed E-state index contributed by atoms with van der Waals surface area (Å²) in [7, 11) is -4.52.